The van der Waals surface area contributed by atoms with Crippen LogP contribution in [0.15, 0.2) is 71.9 Å². The molecule has 0 spiro atoms. The maximum Gasteiger partial charge on any atom is 0.251 e. The molecule has 1 amide bonds. The van der Waals surface area contributed by atoms with Crippen LogP contribution >= 0.6 is 0 Å². The average molecular weight is 469 g/mol. The molecule has 2 heterocycles. The lowest BCUT2D eigenvalue weighted by molar-refractivity contribution is -0.0440. The minimum atomic E-state index is -3.63. The third-order valence-corrected chi connectivity index (χ3v) is 7.34. The van der Waals surface area contributed by atoms with Gasteiger partial charge in [0.2, 0.25) is 10.0 Å². The second kappa shape index (κ2) is 9.86. The number of nitrogens with zero attached hydrogens (tertiary/aromatic N) is 3. The third-order valence-electron chi connectivity index (χ3n) is 5.50. The molecule has 174 valence electrons. The summed E-state index contributed by atoms with van der Waals surface area (Å²) in [6.07, 6.45) is 4.04. The Balaban J connectivity index is 1.33. The fraction of sp³-hybridized carbons (Fsp3) is 0.333. The Morgan fingerprint density at radius 1 is 1.06 bits per heavy atom. The molecule has 1 aliphatic rings. The zero-order chi connectivity index (χ0) is 23.4. The van der Waals surface area contributed by atoms with E-state index in [-0.39, 0.29) is 23.0 Å². The van der Waals surface area contributed by atoms with Gasteiger partial charge in [-0.25, -0.2) is 13.1 Å². The number of hydrogen-bond donors (Lipinski definition) is 1. The van der Waals surface area contributed by atoms with Crippen molar-refractivity contribution in [2.45, 2.75) is 37.4 Å². The lowest BCUT2D eigenvalue weighted by atomic mass is 10.2. The van der Waals surface area contributed by atoms with Crippen LogP contribution in [0.25, 0.3) is 5.69 Å². The number of hydrogen-bond acceptors (Lipinski definition) is 5. The monoisotopic (exact) mass is 468 g/mol. The van der Waals surface area contributed by atoms with Crippen molar-refractivity contribution in [2.75, 3.05) is 19.6 Å². The van der Waals surface area contributed by atoms with Crippen molar-refractivity contribution in [1.82, 2.24) is 19.4 Å². The molecule has 33 heavy (non-hydrogen) atoms. The van der Waals surface area contributed by atoms with Gasteiger partial charge in [-0.2, -0.15) is 9.40 Å². The zero-order valence-electron chi connectivity index (χ0n) is 18.7. The van der Waals surface area contributed by atoms with Crippen molar-refractivity contribution in [3.63, 3.8) is 0 Å². The molecule has 0 radical (unpaired) electrons. The number of ether oxygens (including phenoxy) is 1. The number of benzene rings is 2. The van der Waals surface area contributed by atoms with E-state index in [1.807, 2.05) is 50.4 Å². The summed E-state index contributed by atoms with van der Waals surface area (Å²) in [5, 5.41) is 7.24. The Labute approximate surface area is 194 Å². The number of carbonyl (C=O) groups excluding carboxylic acids is 1. The summed E-state index contributed by atoms with van der Waals surface area (Å²) in [5.41, 5.74) is 2.40. The highest BCUT2D eigenvalue weighted by Crippen LogP contribution is 2.21. The van der Waals surface area contributed by atoms with Crippen LogP contribution in [-0.2, 0) is 21.2 Å². The topological polar surface area (TPSA) is 93.5 Å². The highest BCUT2D eigenvalue weighted by atomic mass is 32.2. The van der Waals surface area contributed by atoms with E-state index in [1.54, 1.807) is 23.0 Å². The van der Waals surface area contributed by atoms with Gasteiger partial charge in [0.25, 0.3) is 5.91 Å². The molecule has 8 nitrogen and oxygen atoms in total. The normalized spacial score (nSPS) is 19.3. The summed E-state index contributed by atoms with van der Waals surface area (Å²) in [6.45, 7) is 4.80. The molecule has 3 aromatic rings. The molecule has 1 aliphatic heterocycles. The Kier molecular flexibility index (Phi) is 6.92. The van der Waals surface area contributed by atoms with E-state index in [4.69, 9.17) is 4.74 Å². The van der Waals surface area contributed by atoms with Gasteiger partial charge in [0.05, 0.1) is 29.0 Å². The lowest BCUT2D eigenvalue weighted by Gasteiger charge is -2.34. The van der Waals surface area contributed by atoms with Gasteiger partial charge in [-0.05, 0) is 62.2 Å². The molecule has 2 aromatic carbocycles. The number of aromatic nitrogens is 2. The lowest BCUT2D eigenvalue weighted by Crippen LogP contribution is -2.48. The van der Waals surface area contributed by atoms with Crippen LogP contribution in [0.1, 0.15) is 29.8 Å². The molecule has 4 rings (SSSR count). The van der Waals surface area contributed by atoms with E-state index in [0.29, 0.717) is 31.6 Å². The highest BCUT2D eigenvalue weighted by molar-refractivity contribution is 7.89. The van der Waals surface area contributed by atoms with Gasteiger partial charge >= 0.3 is 0 Å². The maximum absolute atomic E-state index is 13.0. The summed E-state index contributed by atoms with van der Waals surface area (Å²) < 4.78 is 34.8. The Morgan fingerprint density at radius 3 is 2.39 bits per heavy atom. The number of nitrogens with one attached hydrogen (secondary N) is 1. The average Bonchev–Trinajstić information content (AvgIpc) is 3.28. The minimum Gasteiger partial charge on any atom is -0.373 e. The number of carbonyl (C=O) groups is 1. The van der Waals surface area contributed by atoms with Crippen molar-refractivity contribution in [1.29, 1.82) is 0 Å². The first-order valence-corrected chi connectivity index (χ1v) is 12.4. The predicted molar refractivity (Wildman–Crippen MR) is 125 cm³/mol. The van der Waals surface area contributed by atoms with Crippen molar-refractivity contribution < 1.29 is 17.9 Å². The fourth-order valence-corrected chi connectivity index (χ4v) is 5.48. The second-order valence-corrected chi connectivity index (χ2v) is 10.2. The van der Waals surface area contributed by atoms with Crippen LogP contribution in [0, 0.1) is 0 Å². The van der Waals surface area contributed by atoms with Gasteiger partial charge in [0.15, 0.2) is 0 Å². The quantitative estimate of drug-likeness (QED) is 0.575. The highest BCUT2D eigenvalue weighted by Gasteiger charge is 2.32. The van der Waals surface area contributed by atoms with Gasteiger partial charge in [0, 0.05) is 31.4 Å². The standard InChI is InChI=1S/C24H28N4O4S/c1-18-15-27(16-19(2)32-18)33(30,31)23-10-8-21(9-11-23)24(29)25-13-12-20-14-26-28(17-20)22-6-4-3-5-7-22/h3-11,14,17-19H,12-13,15-16H2,1-2H3,(H,25,29)/t18-,19-/m0/s1. The molecule has 0 saturated carbocycles. The second-order valence-electron chi connectivity index (χ2n) is 8.24. The molecule has 1 aromatic heterocycles. The predicted octanol–water partition coefficient (Wildman–Crippen LogP) is 2.64. The summed E-state index contributed by atoms with van der Waals surface area (Å²) in [6, 6.07) is 15.9. The van der Waals surface area contributed by atoms with Crippen LogP contribution < -0.4 is 5.32 Å². The summed E-state index contributed by atoms with van der Waals surface area (Å²) in [4.78, 5) is 12.7. The van der Waals surface area contributed by atoms with E-state index < -0.39 is 10.0 Å². The summed E-state index contributed by atoms with van der Waals surface area (Å²) in [7, 11) is -3.63. The SMILES string of the molecule is C[C@H]1CN(S(=O)(=O)c2ccc(C(=O)NCCc3cnn(-c4ccccc4)c3)cc2)C[C@H](C)O1. The third kappa shape index (κ3) is 5.50. The van der Waals surface area contributed by atoms with Gasteiger partial charge in [-0.15, -0.1) is 0 Å². The number of amides is 1. The number of sulfonamides is 1. The van der Waals surface area contributed by atoms with Crippen LogP contribution in [0.2, 0.25) is 0 Å². The van der Waals surface area contributed by atoms with Crippen LogP contribution in [0.4, 0.5) is 0 Å². The molecule has 9 heteroatoms. The van der Waals surface area contributed by atoms with Crippen molar-refractivity contribution in [3.8, 4) is 5.69 Å². The summed E-state index contributed by atoms with van der Waals surface area (Å²) in [5.74, 6) is -0.247. The minimum absolute atomic E-state index is 0.159. The Hall–Kier alpha value is -3.01. The van der Waals surface area contributed by atoms with Crippen molar-refractivity contribution in [2.24, 2.45) is 0 Å². The zero-order valence-corrected chi connectivity index (χ0v) is 19.5. The number of morpholine rings is 1. The molecule has 1 fully saturated rings. The van der Waals surface area contributed by atoms with Crippen LogP contribution in [0.5, 0.6) is 0 Å². The maximum atomic E-state index is 13.0. The molecule has 1 N–H and O–H groups in total. The number of rotatable bonds is 7. The number of para-hydroxylation sites is 1. The molecular weight excluding hydrogens is 440 g/mol. The first-order valence-electron chi connectivity index (χ1n) is 11.0. The first kappa shape index (κ1) is 23.2. The van der Waals surface area contributed by atoms with Crippen molar-refractivity contribution >= 4 is 15.9 Å². The van der Waals surface area contributed by atoms with Crippen LogP contribution in [-0.4, -0.2) is 60.3 Å². The summed E-state index contributed by atoms with van der Waals surface area (Å²) >= 11 is 0. The first-order chi connectivity index (χ1) is 15.8. The van der Waals surface area contributed by atoms with E-state index >= 15 is 0 Å². The molecule has 1 saturated heterocycles. The molecule has 0 aliphatic carbocycles. The Morgan fingerprint density at radius 2 is 1.73 bits per heavy atom. The van der Waals surface area contributed by atoms with Gasteiger partial charge in [0.1, 0.15) is 0 Å². The fourth-order valence-electron chi connectivity index (χ4n) is 3.89. The molecular formula is C24H28N4O4S. The van der Waals surface area contributed by atoms with Gasteiger partial charge < -0.3 is 10.1 Å². The molecule has 0 bridgehead atoms. The largest absolute Gasteiger partial charge is 0.373 e. The Bertz CT molecular complexity index is 1180. The smallest absolute Gasteiger partial charge is 0.251 e. The van der Waals surface area contributed by atoms with Crippen LogP contribution in [0.3, 0.4) is 0 Å². The van der Waals surface area contributed by atoms with E-state index in [9.17, 15) is 13.2 Å². The molecule has 2 atom stereocenters. The van der Waals surface area contributed by atoms with Gasteiger partial charge in [-0.1, -0.05) is 18.2 Å². The van der Waals surface area contributed by atoms with Crippen molar-refractivity contribution in [3.05, 3.63) is 78.1 Å². The van der Waals surface area contributed by atoms with E-state index in [1.165, 1.54) is 16.4 Å². The van der Waals surface area contributed by atoms with E-state index in [2.05, 4.69) is 10.4 Å². The van der Waals surface area contributed by atoms with E-state index in [0.717, 1.165) is 11.3 Å². The van der Waals surface area contributed by atoms with Gasteiger partial charge in [-0.3, -0.25) is 4.79 Å². The molecule has 0 unspecified atom stereocenters.